The molecule has 1 aromatic carbocycles. The molecule has 0 bridgehead atoms. The molecule has 2 rings (SSSR count). The molecule has 27 heavy (non-hydrogen) atoms. The van der Waals surface area contributed by atoms with Gasteiger partial charge < -0.3 is 0 Å². The van der Waals surface area contributed by atoms with E-state index in [9.17, 15) is 0 Å². The van der Waals surface area contributed by atoms with Crippen LogP contribution in [-0.4, -0.2) is 34.0 Å². The molecule has 0 aliphatic heterocycles. The standard InChI is InChI=1S/C23H40BrN2P/c1-5-9-15-27(16-10-6-2,17-11-7-3,18-12-8-4)26-20-25-22-19-21(24)13-14-23(22)26/h13-14,19-20H,5-12,15-18H2,1-4H3. The van der Waals surface area contributed by atoms with Gasteiger partial charge in [0.2, 0.25) is 0 Å². The third-order valence-electron chi connectivity index (χ3n) is 6.44. The van der Waals surface area contributed by atoms with Gasteiger partial charge in [-0.25, -0.2) is 0 Å². The minimum atomic E-state index is -2.10. The third kappa shape index (κ3) is 4.96. The average Bonchev–Trinajstić information content (AvgIpc) is 3.11. The molecule has 0 atom stereocenters. The van der Waals surface area contributed by atoms with Crippen LogP contribution in [0.1, 0.15) is 79.1 Å². The minimum absolute atomic E-state index is 1.13. The van der Waals surface area contributed by atoms with E-state index >= 15 is 0 Å². The molecule has 0 aliphatic rings. The van der Waals surface area contributed by atoms with Gasteiger partial charge in [-0.3, -0.25) is 0 Å². The quantitative estimate of drug-likeness (QED) is 0.278. The van der Waals surface area contributed by atoms with Gasteiger partial charge in [-0.2, -0.15) is 0 Å². The molecule has 1 aromatic heterocycles. The number of rotatable bonds is 13. The molecule has 0 fully saturated rings. The number of fused-ring (bicyclic) bond motifs is 1. The summed E-state index contributed by atoms with van der Waals surface area (Å²) >= 11 is 3.63. The Morgan fingerprint density at radius 1 is 0.815 bits per heavy atom. The predicted octanol–water partition coefficient (Wildman–Crippen LogP) is 8.32. The van der Waals surface area contributed by atoms with E-state index in [0.717, 1.165) is 9.99 Å². The van der Waals surface area contributed by atoms with Crippen molar-refractivity contribution in [3.05, 3.63) is 29.0 Å². The molecule has 0 saturated heterocycles. The summed E-state index contributed by atoms with van der Waals surface area (Å²) in [4.78, 5) is 4.89. The first-order valence-electron chi connectivity index (χ1n) is 11.2. The number of hydrogen-bond donors (Lipinski definition) is 0. The number of benzene rings is 1. The van der Waals surface area contributed by atoms with Gasteiger partial charge in [0, 0.05) is 0 Å². The van der Waals surface area contributed by atoms with Crippen LogP contribution in [0.25, 0.3) is 11.0 Å². The molecule has 4 heteroatoms. The summed E-state index contributed by atoms with van der Waals surface area (Å²) in [6.07, 6.45) is 18.4. The summed E-state index contributed by atoms with van der Waals surface area (Å²) in [5.41, 5.74) is 2.52. The summed E-state index contributed by atoms with van der Waals surface area (Å²) in [6, 6.07) is 6.70. The number of hydrogen-bond acceptors (Lipinski definition) is 1. The average molecular weight is 455 g/mol. The van der Waals surface area contributed by atoms with Crippen LogP contribution in [0, 0.1) is 0 Å². The second kappa shape index (κ2) is 10.4. The molecule has 0 unspecified atom stereocenters. The zero-order valence-electron chi connectivity index (χ0n) is 18.0. The van der Waals surface area contributed by atoms with Crippen LogP contribution in [0.3, 0.4) is 0 Å². The fourth-order valence-corrected chi connectivity index (χ4v) is 13.0. The van der Waals surface area contributed by atoms with Gasteiger partial charge in [-0.1, -0.05) is 0 Å². The molecule has 0 saturated carbocycles. The Hall–Kier alpha value is -0.400. The van der Waals surface area contributed by atoms with Crippen molar-refractivity contribution in [2.24, 2.45) is 0 Å². The number of unbranched alkanes of at least 4 members (excludes halogenated alkanes) is 4. The van der Waals surface area contributed by atoms with Gasteiger partial charge in [0.1, 0.15) is 0 Å². The van der Waals surface area contributed by atoms with Crippen LogP contribution in [0.2, 0.25) is 0 Å². The third-order valence-corrected chi connectivity index (χ3v) is 14.3. The van der Waals surface area contributed by atoms with E-state index in [-0.39, 0.29) is 0 Å². The first-order chi connectivity index (χ1) is 13.0. The molecule has 0 aliphatic carbocycles. The molecule has 2 nitrogen and oxygen atoms in total. The number of aromatic nitrogens is 2. The van der Waals surface area contributed by atoms with E-state index in [4.69, 9.17) is 4.98 Å². The summed E-state index contributed by atoms with van der Waals surface area (Å²) in [6.45, 7) is 7.32. The summed E-state index contributed by atoms with van der Waals surface area (Å²) < 4.78 is 3.90. The fourth-order valence-electron chi connectivity index (χ4n) is 4.78. The SMILES string of the molecule is CCCCP(CCCC)(CCCC)(CCCC)n1cnc2cc(Br)ccc21. The van der Waals surface area contributed by atoms with E-state index < -0.39 is 6.75 Å². The van der Waals surface area contributed by atoms with Gasteiger partial charge in [0.25, 0.3) is 0 Å². The van der Waals surface area contributed by atoms with E-state index in [1.165, 1.54) is 81.5 Å². The van der Waals surface area contributed by atoms with Crippen molar-refractivity contribution in [2.75, 3.05) is 24.6 Å². The zero-order chi connectivity index (χ0) is 19.8. The Labute approximate surface area is 175 Å². The Morgan fingerprint density at radius 2 is 1.30 bits per heavy atom. The molecule has 154 valence electrons. The van der Waals surface area contributed by atoms with Crippen LogP contribution in [0.15, 0.2) is 29.0 Å². The second-order valence-corrected chi connectivity index (χ2v) is 15.4. The van der Waals surface area contributed by atoms with Crippen LogP contribution in [0.5, 0.6) is 0 Å². The maximum atomic E-state index is 4.89. The summed E-state index contributed by atoms with van der Waals surface area (Å²) in [7, 11) is 0. The Morgan fingerprint density at radius 3 is 1.74 bits per heavy atom. The Bertz CT molecular complexity index is 666. The van der Waals surface area contributed by atoms with Gasteiger partial charge in [-0.15, -0.1) is 0 Å². The van der Waals surface area contributed by atoms with Gasteiger partial charge >= 0.3 is 176 Å². The summed E-state index contributed by atoms with van der Waals surface area (Å²) in [5.74, 6) is 0. The van der Waals surface area contributed by atoms with Crippen LogP contribution < -0.4 is 0 Å². The van der Waals surface area contributed by atoms with Gasteiger partial charge in [0.05, 0.1) is 0 Å². The zero-order valence-corrected chi connectivity index (χ0v) is 20.5. The normalized spacial score (nSPS) is 13.7. The van der Waals surface area contributed by atoms with Crippen molar-refractivity contribution in [1.82, 2.24) is 9.32 Å². The number of imidazole rings is 1. The van der Waals surface area contributed by atoms with Gasteiger partial charge in [0.15, 0.2) is 0 Å². The Kier molecular flexibility index (Phi) is 8.81. The summed E-state index contributed by atoms with van der Waals surface area (Å²) in [5, 5.41) is 0. The number of halogens is 1. The van der Waals surface area contributed by atoms with Crippen molar-refractivity contribution in [2.45, 2.75) is 79.1 Å². The molecule has 1 heterocycles. The fraction of sp³-hybridized carbons (Fsp3) is 0.696. The Balaban J connectivity index is 2.71. The molecule has 0 spiro atoms. The van der Waals surface area contributed by atoms with E-state index in [1.807, 2.05) is 0 Å². The topological polar surface area (TPSA) is 17.8 Å². The van der Waals surface area contributed by atoms with E-state index in [1.54, 1.807) is 0 Å². The van der Waals surface area contributed by atoms with Crippen LogP contribution >= 0.6 is 22.7 Å². The predicted molar refractivity (Wildman–Crippen MR) is 129 cm³/mol. The molecular formula is C23H40BrN2P. The van der Waals surface area contributed by atoms with Gasteiger partial charge in [-0.05, 0) is 0 Å². The van der Waals surface area contributed by atoms with Crippen molar-refractivity contribution in [3.63, 3.8) is 0 Å². The molecular weight excluding hydrogens is 415 g/mol. The molecule has 0 N–H and O–H groups in total. The van der Waals surface area contributed by atoms with E-state index in [2.05, 4.69) is 72.5 Å². The first kappa shape index (κ1) is 22.9. The first-order valence-corrected chi connectivity index (χ1v) is 14.9. The molecule has 0 amide bonds. The van der Waals surface area contributed by atoms with Crippen molar-refractivity contribution in [3.8, 4) is 0 Å². The van der Waals surface area contributed by atoms with Crippen molar-refractivity contribution >= 4 is 33.7 Å². The monoisotopic (exact) mass is 454 g/mol. The number of nitrogens with zero attached hydrogens (tertiary/aromatic N) is 2. The molecule has 0 radical (unpaired) electrons. The van der Waals surface area contributed by atoms with Crippen LogP contribution in [0.4, 0.5) is 0 Å². The van der Waals surface area contributed by atoms with Crippen molar-refractivity contribution < 1.29 is 0 Å². The van der Waals surface area contributed by atoms with Crippen LogP contribution in [-0.2, 0) is 0 Å². The second-order valence-electron chi connectivity index (χ2n) is 8.44. The maximum absolute atomic E-state index is 4.89. The van der Waals surface area contributed by atoms with Crippen molar-refractivity contribution in [1.29, 1.82) is 0 Å². The molecule has 2 aromatic rings. The van der Waals surface area contributed by atoms with E-state index in [0.29, 0.717) is 0 Å².